The molecule has 17 heavy (non-hydrogen) atoms. The van der Waals surface area contributed by atoms with Gasteiger partial charge in [-0.3, -0.25) is 4.57 Å². The van der Waals surface area contributed by atoms with Crippen LogP contribution in [0.5, 0.6) is 0 Å². The lowest BCUT2D eigenvalue weighted by atomic mass is 9.72. The van der Waals surface area contributed by atoms with Crippen LogP contribution in [0.1, 0.15) is 53.4 Å². The molecule has 1 unspecified atom stereocenters. The summed E-state index contributed by atoms with van der Waals surface area (Å²) in [6, 6.07) is 0. The van der Waals surface area contributed by atoms with Crippen LogP contribution in [0.15, 0.2) is 0 Å². The van der Waals surface area contributed by atoms with Gasteiger partial charge in [-0.05, 0) is 37.0 Å². The minimum atomic E-state index is -2.81. The molecule has 0 heterocycles. The molecule has 1 rings (SSSR count). The maximum Gasteiger partial charge on any atom is 0.330 e. The van der Waals surface area contributed by atoms with E-state index in [0.717, 1.165) is 18.8 Å². The van der Waals surface area contributed by atoms with Gasteiger partial charge in [0.25, 0.3) is 0 Å². The maximum atomic E-state index is 12.1. The highest BCUT2D eigenvalue weighted by Gasteiger charge is 2.33. The van der Waals surface area contributed by atoms with E-state index in [1.165, 1.54) is 20.0 Å². The summed E-state index contributed by atoms with van der Waals surface area (Å²) >= 11 is 0. The van der Waals surface area contributed by atoms with Gasteiger partial charge in [0.05, 0.1) is 6.10 Å². The number of hydrogen-bond acceptors (Lipinski definition) is 3. The van der Waals surface area contributed by atoms with Crippen molar-refractivity contribution >= 4 is 7.60 Å². The molecule has 1 fully saturated rings. The van der Waals surface area contributed by atoms with Gasteiger partial charge in [0.15, 0.2) is 0 Å². The highest BCUT2D eigenvalue weighted by atomic mass is 31.2. The van der Waals surface area contributed by atoms with Crippen molar-refractivity contribution in [3.63, 3.8) is 0 Å². The van der Waals surface area contributed by atoms with Crippen LogP contribution < -0.4 is 0 Å². The van der Waals surface area contributed by atoms with Crippen LogP contribution in [-0.4, -0.2) is 19.4 Å². The number of rotatable bonds is 4. The molecule has 0 aliphatic heterocycles. The summed E-state index contributed by atoms with van der Waals surface area (Å²) in [5.74, 6) is 0.755. The van der Waals surface area contributed by atoms with E-state index in [-0.39, 0.29) is 6.10 Å². The molecule has 0 aromatic heterocycles. The molecule has 0 aromatic carbocycles. The molecular formula is C13H27O3P. The molecule has 0 radical (unpaired) electrons. The largest absolute Gasteiger partial charge is 0.330 e. The lowest BCUT2D eigenvalue weighted by molar-refractivity contribution is 0.0764. The Balaban J connectivity index is 2.45. The van der Waals surface area contributed by atoms with Gasteiger partial charge in [0, 0.05) is 13.3 Å². The normalized spacial score (nSPS) is 29.9. The molecule has 0 bridgehead atoms. The molecule has 1 aliphatic rings. The zero-order valence-electron chi connectivity index (χ0n) is 11.9. The van der Waals surface area contributed by atoms with Crippen LogP contribution in [0.25, 0.3) is 0 Å². The molecule has 0 amide bonds. The van der Waals surface area contributed by atoms with E-state index in [9.17, 15) is 4.57 Å². The van der Waals surface area contributed by atoms with E-state index in [0.29, 0.717) is 11.6 Å². The van der Waals surface area contributed by atoms with Gasteiger partial charge in [0.2, 0.25) is 0 Å². The molecule has 0 N–H and O–H groups in total. The smallest absolute Gasteiger partial charge is 0.312 e. The van der Waals surface area contributed by atoms with E-state index in [1.54, 1.807) is 0 Å². The Kier molecular flexibility index (Phi) is 5.24. The van der Waals surface area contributed by atoms with E-state index in [2.05, 4.69) is 20.8 Å². The molecule has 0 saturated heterocycles. The third-order valence-electron chi connectivity index (χ3n) is 3.87. The number of hydrogen-bond donors (Lipinski definition) is 0. The molecule has 4 heteroatoms. The van der Waals surface area contributed by atoms with Crippen LogP contribution in [0.2, 0.25) is 0 Å². The summed E-state index contributed by atoms with van der Waals surface area (Å²) in [4.78, 5) is 0. The van der Waals surface area contributed by atoms with E-state index in [1.807, 2.05) is 6.92 Å². The first kappa shape index (κ1) is 15.2. The Morgan fingerprint density at radius 1 is 1.18 bits per heavy atom. The van der Waals surface area contributed by atoms with Crippen molar-refractivity contribution in [3.05, 3.63) is 0 Å². The summed E-state index contributed by atoms with van der Waals surface area (Å²) in [6.45, 7) is 8.74. The van der Waals surface area contributed by atoms with Crippen molar-refractivity contribution in [1.29, 1.82) is 0 Å². The fourth-order valence-corrected chi connectivity index (χ4v) is 3.67. The molecule has 1 saturated carbocycles. The zero-order valence-corrected chi connectivity index (χ0v) is 12.8. The monoisotopic (exact) mass is 262 g/mol. The van der Waals surface area contributed by atoms with Crippen LogP contribution in [0.3, 0.4) is 0 Å². The Labute approximate surface area is 106 Å². The predicted octanol–water partition coefficient (Wildman–Crippen LogP) is 4.47. The third kappa shape index (κ3) is 4.39. The van der Waals surface area contributed by atoms with Gasteiger partial charge in [0.1, 0.15) is 0 Å². The molecule has 0 spiro atoms. The standard InChI is InChI=1S/C13H27O3P/c1-6-17(14,15-5)16-12-9-7-11(8-10-12)13(2,3)4/h11-12H,6-10H2,1-5H3. The highest BCUT2D eigenvalue weighted by molar-refractivity contribution is 7.53. The topological polar surface area (TPSA) is 35.5 Å². The summed E-state index contributed by atoms with van der Waals surface area (Å²) in [5, 5.41) is 0. The van der Waals surface area contributed by atoms with Gasteiger partial charge in [-0.25, -0.2) is 0 Å². The Hall–Kier alpha value is 0.150. The first-order chi connectivity index (χ1) is 7.80. The third-order valence-corrected chi connectivity index (χ3v) is 5.82. The quantitative estimate of drug-likeness (QED) is 0.701. The van der Waals surface area contributed by atoms with Crippen LogP contribution in [-0.2, 0) is 13.6 Å². The fourth-order valence-electron chi connectivity index (χ4n) is 2.51. The van der Waals surface area contributed by atoms with Crippen molar-refractivity contribution in [1.82, 2.24) is 0 Å². The molecular weight excluding hydrogens is 235 g/mol. The first-order valence-electron chi connectivity index (χ1n) is 6.64. The molecule has 102 valence electrons. The Morgan fingerprint density at radius 3 is 2.06 bits per heavy atom. The van der Waals surface area contributed by atoms with Crippen molar-refractivity contribution < 1.29 is 13.6 Å². The second-order valence-electron chi connectivity index (χ2n) is 6.05. The van der Waals surface area contributed by atoms with Crippen LogP contribution in [0.4, 0.5) is 0 Å². The second kappa shape index (κ2) is 5.86. The lowest BCUT2D eigenvalue weighted by Gasteiger charge is -2.37. The van der Waals surface area contributed by atoms with Crippen LogP contribution >= 0.6 is 7.60 Å². The van der Waals surface area contributed by atoms with Gasteiger partial charge in [-0.1, -0.05) is 27.7 Å². The predicted molar refractivity (Wildman–Crippen MR) is 71.4 cm³/mol. The van der Waals surface area contributed by atoms with Crippen molar-refractivity contribution in [3.8, 4) is 0 Å². The van der Waals surface area contributed by atoms with Gasteiger partial charge in [-0.2, -0.15) is 0 Å². The summed E-state index contributed by atoms with van der Waals surface area (Å²) < 4.78 is 22.7. The average Bonchev–Trinajstić information content (AvgIpc) is 2.28. The second-order valence-corrected chi connectivity index (χ2v) is 8.49. The molecule has 1 aliphatic carbocycles. The Morgan fingerprint density at radius 2 is 1.71 bits per heavy atom. The fraction of sp³-hybridized carbons (Fsp3) is 1.00. The lowest BCUT2D eigenvalue weighted by Crippen LogP contribution is -2.28. The SMILES string of the molecule is CCP(=O)(OC)OC1CCC(C(C)(C)C)CC1. The Bertz CT molecular complexity index is 267. The van der Waals surface area contributed by atoms with Gasteiger partial charge >= 0.3 is 7.60 Å². The zero-order chi connectivity index (χ0) is 13.1. The van der Waals surface area contributed by atoms with E-state index in [4.69, 9.17) is 9.05 Å². The summed E-state index contributed by atoms with van der Waals surface area (Å²) in [5.41, 5.74) is 0.376. The van der Waals surface area contributed by atoms with Gasteiger partial charge < -0.3 is 9.05 Å². The highest BCUT2D eigenvalue weighted by Crippen LogP contribution is 2.50. The summed E-state index contributed by atoms with van der Waals surface area (Å²) in [6.07, 6.45) is 4.94. The van der Waals surface area contributed by atoms with Crippen LogP contribution in [0, 0.1) is 11.3 Å². The van der Waals surface area contributed by atoms with E-state index < -0.39 is 7.60 Å². The minimum Gasteiger partial charge on any atom is -0.312 e. The van der Waals surface area contributed by atoms with Crippen molar-refractivity contribution in [2.45, 2.75) is 59.5 Å². The first-order valence-corrected chi connectivity index (χ1v) is 8.36. The minimum absolute atomic E-state index is 0.124. The maximum absolute atomic E-state index is 12.1. The summed E-state index contributed by atoms with van der Waals surface area (Å²) in [7, 11) is -1.33. The van der Waals surface area contributed by atoms with Gasteiger partial charge in [-0.15, -0.1) is 0 Å². The molecule has 1 atom stereocenters. The van der Waals surface area contributed by atoms with Crippen molar-refractivity contribution in [2.24, 2.45) is 11.3 Å². The molecule has 0 aromatic rings. The average molecular weight is 262 g/mol. The molecule has 3 nitrogen and oxygen atoms in total. The van der Waals surface area contributed by atoms with E-state index >= 15 is 0 Å². The van der Waals surface area contributed by atoms with Crippen molar-refractivity contribution in [2.75, 3.05) is 13.3 Å².